The topological polar surface area (TPSA) is 42.8 Å². The first kappa shape index (κ1) is 11.6. The molecule has 1 aliphatic rings. The lowest BCUT2D eigenvalue weighted by Crippen LogP contribution is -2.02. The van der Waals surface area contributed by atoms with Gasteiger partial charge in [-0.1, -0.05) is 13.0 Å². The van der Waals surface area contributed by atoms with E-state index in [0.29, 0.717) is 18.0 Å². The molecule has 0 unspecified atom stereocenters. The summed E-state index contributed by atoms with van der Waals surface area (Å²) in [6.07, 6.45) is 1.97. The van der Waals surface area contributed by atoms with Crippen molar-refractivity contribution in [1.29, 1.82) is 0 Å². The standard InChI is InChI=1S/C13H15N3OS/c1-2-3-12-14-15-13(18)16(12)11-5-4-9-7-17-8-10(9)6-11/h4-6H,2-3,7-8H2,1H3,(H,15,18). The van der Waals surface area contributed by atoms with Crippen LogP contribution < -0.4 is 0 Å². The fourth-order valence-electron chi connectivity index (χ4n) is 2.28. The van der Waals surface area contributed by atoms with Gasteiger partial charge in [-0.3, -0.25) is 9.67 Å². The maximum Gasteiger partial charge on any atom is 0.199 e. The third-order valence-corrected chi connectivity index (χ3v) is 3.45. The highest BCUT2D eigenvalue weighted by Crippen LogP contribution is 2.23. The van der Waals surface area contributed by atoms with Crippen molar-refractivity contribution < 1.29 is 4.74 Å². The number of rotatable bonds is 3. The molecule has 1 aliphatic heterocycles. The highest BCUT2D eigenvalue weighted by molar-refractivity contribution is 7.71. The lowest BCUT2D eigenvalue weighted by Gasteiger charge is -2.07. The summed E-state index contributed by atoms with van der Waals surface area (Å²) in [4.78, 5) is 0. The van der Waals surface area contributed by atoms with Gasteiger partial charge in [0, 0.05) is 6.42 Å². The fraction of sp³-hybridized carbons (Fsp3) is 0.385. The van der Waals surface area contributed by atoms with Gasteiger partial charge in [-0.2, -0.15) is 5.10 Å². The number of hydrogen-bond donors (Lipinski definition) is 1. The van der Waals surface area contributed by atoms with E-state index in [1.165, 1.54) is 11.1 Å². The molecule has 94 valence electrons. The van der Waals surface area contributed by atoms with Crippen molar-refractivity contribution >= 4 is 12.2 Å². The highest BCUT2D eigenvalue weighted by atomic mass is 32.1. The van der Waals surface area contributed by atoms with Gasteiger partial charge in [0.2, 0.25) is 0 Å². The smallest absolute Gasteiger partial charge is 0.199 e. The molecule has 0 amide bonds. The second kappa shape index (κ2) is 4.66. The van der Waals surface area contributed by atoms with E-state index < -0.39 is 0 Å². The number of aromatic amines is 1. The lowest BCUT2D eigenvalue weighted by molar-refractivity contribution is 0.134. The molecule has 0 atom stereocenters. The normalized spacial score (nSPS) is 13.8. The van der Waals surface area contributed by atoms with Crippen molar-refractivity contribution in [2.45, 2.75) is 33.0 Å². The maximum atomic E-state index is 5.44. The monoisotopic (exact) mass is 261 g/mol. The highest BCUT2D eigenvalue weighted by Gasteiger charge is 2.14. The van der Waals surface area contributed by atoms with Crippen molar-refractivity contribution in [2.75, 3.05) is 0 Å². The summed E-state index contributed by atoms with van der Waals surface area (Å²) in [5, 5.41) is 7.16. The number of nitrogens with one attached hydrogen (secondary N) is 1. The molecule has 3 rings (SSSR count). The van der Waals surface area contributed by atoms with Crippen molar-refractivity contribution in [1.82, 2.24) is 14.8 Å². The third kappa shape index (κ3) is 1.89. The van der Waals surface area contributed by atoms with E-state index >= 15 is 0 Å². The van der Waals surface area contributed by atoms with Gasteiger partial charge in [-0.05, 0) is 41.9 Å². The molecule has 0 bridgehead atoms. The van der Waals surface area contributed by atoms with Gasteiger partial charge in [0.25, 0.3) is 0 Å². The Kier molecular flexibility index (Phi) is 3.01. The van der Waals surface area contributed by atoms with E-state index in [9.17, 15) is 0 Å². The molecule has 1 aromatic heterocycles. The minimum absolute atomic E-state index is 0.650. The van der Waals surface area contributed by atoms with Crippen LogP contribution in [-0.2, 0) is 24.4 Å². The van der Waals surface area contributed by atoms with Crippen LogP contribution in [0.15, 0.2) is 18.2 Å². The largest absolute Gasteiger partial charge is 0.372 e. The SMILES string of the molecule is CCCc1n[nH]c(=S)n1-c1ccc2c(c1)COC2. The van der Waals surface area contributed by atoms with Gasteiger partial charge in [0.05, 0.1) is 18.9 Å². The van der Waals surface area contributed by atoms with Gasteiger partial charge < -0.3 is 4.74 Å². The predicted octanol–water partition coefficient (Wildman–Crippen LogP) is 2.91. The molecule has 1 N–H and O–H groups in total. The zero-order valence-corrected chi connectivity index (χ0v) is 11.1. The number of hydrogen-bond acceptors (Lipinski definition) is 3. The molecule has 0 aliphatic carbocycles. The van der Waals surface area contributed by atoms with E-state index in [4.69, 9.17) is 17.0 Å². The number of benzene rings is 1. The van der Waals surface area contributed by atoms with Gasteiger partial charge >= 0.3 is 0 Å². The summed E-state index contributed by atoms with van der Waals surface area (Å²) in [5.41, 5.74) is 3.59. The van der Waals surface area contributed by atoms with Crippen LogP contribution in [0.1, 0.15) is 30.3 Å². The Morgan fingerprint density at radius 3 is 3.06 bits per heavy atom. The zero-order valence-electron chi connectivity index (χ0n) is 10.3. The predicted molar refractivity (Wildman–Crippen MR) is 71.2 cm³/mol. The molecule has 0 radical (unpaired) electrons. The van der Waals surface area contributed by atoms with Crippen molar-refractivity contribution in [3.8, 4) is 5.69 Å². The quantitative estimate of drug-likeness (QED) is 0.864. The van der Waals surface area contributed by atoms with Crippen LogP contribution in [0.5, 0.6) is 0 Å². The molecule has 18 heavy (non-hydrogen) atoms. The number of fused-ring (bicyclic) bond motifs is 1. The van der Waals surface area contributed by atoms with Gasteiger partial charge in [0.15, 0.2) is 4.77 Å². The zero-order chi connectivity index (χ0) is 12.5. The van der Waals surface area contributed by atoms with Crippen LogP contribution in [0.3, 0.4) is 0 Å². The average molecular weight is 261 g/mol. The molecule has 2 heterocycles. The van der Waals surface area contributed by atoms with Crippen LogP contribution in [0, 0.1) is 4.77 Å². The Bertz CT molecular complexity index is 629. The summed E-state index contributed by atoms with van der Waals surface area (Å²) in [7, 11) is 0. The molecule has 2 aromatic rings. The summed E-state index contributed by atoms with van der Waals surface area (Å²) >= 11 is 5.31. The first-order chi connectivity index (χ1) is 8.79. The maximum absolute atomic E-state index is 5.44. The first-order valence-corrected chi connectivity index (χ1v) is 6.56. The molecule has 0 spiro atoms. The van der Waals surface area contributed by atoms with Crippen molar-refractivity contribution in [3.63, 3.8) is 0 Å². The minimum Gasteiger partial charge on any atom is -0.372 e. The minimum atomic E-state index is 0.650. The molecular formula is C13H15N3OS. The Morgan fingerprint density at radius 2 is 2.22 bits per heavy atom. The van der Waals surface area contributed by atoms with E-state index in [1.807, 2.05) is 4.57 Å². The second-order valence-electron chi connectivity index (χ2n) is 4.48. The molecule has 1 aromatic carbocycles. The van der Waals surface area contributed by atoms with Crippen molar-refractivity contribution in [3.05, 3.63) is 39.9 Å². The number of H-pyrrole nitrogens is 1. The van der Waals surface area contributed by atoms with Gasteiger partial charge in [-0.15, -0.1) is 0 Å². The Labute approximate surface area is 111 Å². The van der Waals surface area contributed by atoms with E-state index in [-0.39, 0.29) is 0 Å². The van der Waals surface area contributed by atoms with Crippen LogP contribution in [0.4, 0.5) is 0 Å². The lowest BCUT2D eigenvalue weighted by atomic mass is 10.1. The van der Waals surface area contributed by atoms with Crippen LogP contribution in [0.2, 0.25) is 0 Å². The van der Waals surface area contributed by atoms with Crippen LogP contribution >= 0.6 is 12.2 Å². The number of nitrogens with zero attached hydrogens (tertiary/aromatic N) is 2. The average Bonchev–Trinajstić information content (AvgIpc) is 2.96. The second-order valence-corrected chi connectivity index (χ2v) is 4.86. The summed E-state index contributed by atoms with van der Waals surface area (Å²) in [5.74, 6) is 0.987. The molecule has 5 heteroatoms. The van der Waals surface area contributed by atoms with Gasteiger partial charge in [0.1, 0.15) is 5.82 Å². The Balaban J connectivity index is 2.09. The first-order valence-electron chi connectivity index (χ1n) is 6.16. The number of aromatic nitrogens is 3. The molecule has 0 saturated heterocycles. The fourth-order valence-corrected chi connectivity index (χ4v) is 2.54. The molecule has 0 saturated carbocycles. The Hall–Kier alpha value is -1.46. The van der Waals surface area contributed by atoms with E-state index in [0.717, 1.165) is 24.4 Å². The summed E-state index contributed by atoms with van der Waals surface area (Å²) in [6, 6.07) is 6.34. The molecule has 4 nitrogen and oxygen atoms in total. The number of aryl methyl sites for hydroxylation is 1. The van der Waals surface area contributed by atoms with Gasteiger partial charge in [-0.25, -0.2) is 0 Å². The third-order valence-electron chi connectivity index (χ3n) is 3.18. The van der Waals surface area contributed by atoms with E-state index in [1.54, 1.807) is 0 Å². The summed E-state index contributed by atoms with van der Waals surface area (Å²) in [6.45, 7) is 3.55. The van der Waals surface area contributed by atoms with Crippen LogP contribution in [-0.4, -0.2) is 14.8 Å². The van der Waals surface area contributed by atoms with Crippen molar-refractivity contribution in [2.24, 2.45) is 0 Å². The number of ether oxygens (including phenoxy) is 1. The summed E-state index contributed by atoms with van der Waals surface area (Å²) < 4.78 is 8.10. The molecular weight excluding hydrogens is 246 g/mol. The molecule has 0 fully saturated rings. The van der Waals surface area contributed by atoms with Crippen LogP contribution in [0.25, 0.3) is 5.69 Å². The Morgan fingerprint density at radius 1 is 1.39 bits per heavy atom. The van der Waals surface area contributed by atoms with E-state index in [2.05, 4.69) is 35.3 Å².